The summed E-state index contributed by atoms with van der Waals surface area (Å²) < 4.78 is 13.6. The maximum Gasteiger partial charge on any atom is 0.132 e. The molecule has 0 bridgehead atoms. The molecule has 3 rings (SSSR count). The molecule has 1 atom stereocenters. The van der Waals surface area contributed by atoms with E-state index in [4.69, 9.17) is 22.7 Å². The number of nitrogens with two attached hydrogens (primary N) is 1. The predicted molar refractivity (Wildman–Crippen MR) is 75.5 cm³/mol. The maximum atomic E-state index is 13.6. The van der Waals surface area contributed by atoms with Gasteiger partial charge in [-0.2, -0.15) is 0 Å². The van der Waals surface area contributed by atoms with Crippen LogP contribution in [0.25, 0.3) is 0 Å². The SMILES string of the molecule is N=C(c1c(N)cccc1Cl)N1CCC(F)CC12CC2. The number of anilines is 1. The molecule has 1 aromatic rings. The quantitative estimate of drug-likeness (QED) is 0.472. The van der Waals surface area contributed by atoms with Gasteiger partial charge in [0, 0.05) is 24.2 Å². The normalized spacial score (nSPS) is 24.5. The van der Waals surface area contributed by atoms with Crippen LogP contribution in [0.1, 0.15) is 31.2 Å². The summed E-state index contributed by atoms with van der Waals surface area (Å²) in [6, 6.07) is 5.26. The van der Waals surface area contributed by atoms with Crippen LogP contribution in [0, 0.1) is 5.41 Å². The fourth-order valence-corrected chi connectivity index (χ4v) is 3.30. The van der Waals surface area contributed by atoms with Gasteiger partial charge in [-0.3, -0.25) is 5.41 Å². The number of benzene rings is 1. The average Bonchev–Trinajstić information content (AvgIpc) is 3.08. The standard InChI is InChI=1S/C14H17ClFN3/c15-10-2-1-3-11(17)12(10)13(18)19-7-4-9(16)8-14(19)5-6-14/h1-3,9,18H,4-8,17H2. The highest BCUT2D eigenvalue weighted by Gasteiger charge is 2.52. The van der Waals surface area contributed by atoms with E-state index >= 15 is 0 Å². The van der Waals surface area contributed by atoms with Gasteiger partial charge in [-0.15, -0.1) is 0 Å². The second-order valence-corrected chi connectivity index (χ2v) is 5.93. The fraction of sp³-hybridized carbons (Fsp3) is 0.500. The number of nitrogens with zero attached hydrogens (tertiary/aromatic N) is 1. The minimum absolute atomic E-state index is 0.152. The van der Waals surface area contributed by atoms with Gasteiger partial charge in [-0.1, -0.05) is 17.7 Å². The van der Waals surface area contributed by atoms with Crippen LogP contribution in [0.4, 0.5) is 10.1 Å². The molecular formula is C14H17ClFN3. The van der Waals surface area contributed by atoms with Gasteiger partial charge in [-0.25, -0.2) is 4.39 Å². The monoisotopic (exact) mass is 281 g/mol. The Labute approximate surface area is 117 Å². The molecular weight excluding hydrogens is 265 g/mol. The summed E-state index contributed by atoms with van der Waals surface area (Å²) in [7, 11) is 0. The molecule has 1 heterocycles. The lowest BCUT2D eigenvalue weighted by molar-refractivity contribution is 0.132. The third kappa shape index (κ3) is 2.08. The number of amidine groups is 1. The number of likely N-dealkylation sites (tertiary alicyclic amines) is 1. The molecule has 3 N–H and O–H groups in total. The summed E-state index contributed by atoms with van der Waals surface area (Å²) >= 11 is 6.16. The molecule has 3 nitrogen and oxygen atoms in total. The van der Waals surface area contributed by atoms with Crippen LogP contribution >= 0.6 is 11.6 Å². The summed E-state index contributed by atoms with van der Waals surface area (Å²) in [6.07, 6.45) is 2.18. The van der Waals surface area contributed by atoms with Crippen molar-refractivity contribution in [2.45, 2.75) is 37.4 Å². The van der Waals surface area contributed by atoms with Crippen molar-refractivity contribution in [2.75, 3.05) is 12.3 Å². The lowest BCUT2D eigenvalue weighted by Gasteiger charge is -2.40. The number of hydrogen-bond donors (Lipinski definition) is 2. The summed E-state index contributed by atoms with van der Waals surface area (Å²) in [6.45, 7) is 0.574. The van der Waals surface area contributed by atoms with E-state index in [2.05, 4.69) is 0 Å². The predicted octanol–water partition coefficient (Wildman–Crippen LogP) is 3.21. The van der Waals surface area contributed by atoms with Gasteiger partial charge >= 0.3 is 0 Å². The second-order valence-electron chi connectivity index (χ2n) is 5.52. The molecule has 1 aromatic carbocycles. The summed E-state index contributed by atoms with van der Waals surface area (Å²) in [5.74, 6) is 0.340. The van der Waals surface area contributed by atoms with Crippen molar-refractivity contribution in [2.24, 2.45) is 0 Å². The molecule has 5 heteroatoms. The Kier molecular flexibility index (Phi) is 2.93. The van der Waals surface area contributed by atoms with E-state index in [0.29, 0.717) is 41.5 Å². The van der Waals surface area contributed by atoms with E-state index in [1.165, 1.54) is 0 Å². The Morgan fingerprint density at radius 1 is 1.47 bits per heavy atom. The molecule has 0 amide bonds. The van der Waals surface area contributed by atoms with Gasteiger partial charge in [0.05, 0.1) is 10.6 Å². The number of halogens is 2. The molecule has 102 valence electrons. The van der Waals surface area contributed by atoms with E-state index in [9.17, 15) is 4.39 Å². The van der Waals surface area contributed by atoms with Gasteiger partial charge in [0.15, 0.2) is 0 Å². The Hall–Kier alpha value is -1.29. The maximum absolute atomic E-state index is 13.6. The van der Waals surface area contributed by atoms with Crippen molar-refractivity contribution in [1.29, 1.82) is 5.41 Å². The van der Waals surface area contributed by atoms with E-state index in [1.54, 1.807) is 18.2 Å². The number of rotatable bonds is 1. The Morgan fingerprint density at radius 3 is 2.84 bits per heavy atom. The Bertz CT molecular complexity index is 507. The molecule has 1 aliphatic carbocycles. The van der Waals surface area contributed by atoms with Crippen LogP contribution in [0.3, 0.4) is 0 Å². The van der Waals surface area contributed by atoms with Gasteiger partial charge in [0.2, 0.25) is 0 Å². The molecule has 1 unspecified atom stereocenters. The topological polar surface area (TPSA) is 53.1 Å². The molecule has 1 saturated heterocycles. The van der Waals surface area contributed by atoms with Crippen molar-refractivity contribution in [3.63, 3.8) is 0 Å². The number of nitrogen functional groups attached to an aromatic ring is 1. The highest BCUT2D eigenvalue weighted by molar-refractivity contribution is 6.34. The zero-order chi connectivity index (χ0) is 13.6. The largest absolute Gasteiger partial charge is 0.398 e. The average molecular weight is 282 g/mol. The first kappa shape index (κ1) is 12.7. The first-order valence-electron chi connectivity index (χ1n) is 6.58. The first-order valence-corrected chi connectivity index (χ1v) is 6.96. The Balaban J connectivity index is 1.92. The molecule has 2 aliphatic rings. The van der Waals surface area contributed by atoms with Crippen LogP contribution in [0.5, 0.6) is 0 Å². The molecule has 1 aliphatic heterocycles. The summed E-state index contributed by atoms with van der Waals surface area (Å²) in [5, 5.41) is 8.90. The van der Waals surface area contributed by atoms with Crippen LogP contribution in [0.2, 0.25) is 5.02 Å². The fourth-order valence-electron chi connectivity index (χ4n) is 3.02. The minimum Gasteiger partial charge on any atom is -0.398 e. The molecule has 0 aromatic heterocycles. The van der Waals surface area contributed by atoms with Gasteiger partial charge in [0.25, 0.3) is 0 Å². The Morgan fingerprint density at radius 2 is 2.21 bits per heavy atom. The van der Waals surface area contributed by atoms with Crippen molar-refractivity contribution >= 4 is 23.1 Å². The van der Waals surface area contributed by atoms with Crippen LogP contribution in [-0.2, 0) is 0 Å². The smallest absolute Gasteiger partial charge is 0.132 e. The van der Waals surface area contributed by atoms with Crippen LogP contribution in [0.15, 0.2) is 18.2 Å². The van der Waals surface area contributed by atoms with Crippen LogP contribution < -0.4 is 5.73 Å². The first-order chi connectivity index (χ1) is 9.03. The zero-order valence-electron chi connectivity index (χ0n) is 10.6. The summed E-state index contributed by atoms with van der Waals surface area (Å²) in [5.41, 5.74) is 6.87. The molecule has 19 heavy (non-hydrogen) atoms. The van der Waals surface area contributed by atoms with E-state index in [1.807, 2.05) is 4.90 Å². The number of piperidine rings is 1. The molecule has 2 fully saturated rings. The van der Waals surface area contributed by atoms with Gasteiger partial charge in [0.1, 0.15) is 12.0 Å². The van der Waals surface area contributed by atoms with Crippen molar-refractivity contribution in [3.05, 3.63) is 28.8 Å². The second kappa shape index (κ2) is 4.37. The molecule has 1 saturated carbocycles. The van der Waals surface area contributed by atoms with E-state index in [0.717, 1.165) is 12.8 Å². The molecule has 0 radical (unpaired) electrons. The van der Waals surface area contributed by atoms with Crippen molar-refractivity contribution in [3.8, 4) is 0 Å². The number of hydrogen-bond acceptors (Lipinski definition) is 2. The summed E-state index contributed by atoms with van der Waals surface area (Å²) in [4.78, 5) is 2.00. The third-order valence-electron chi connectivity index (χ3n) is 4.22. The highest BCUT2D eigenvalue weighted by Crippen LogP contribution is 2.49. The van der Waals surface area contributed by atoms with Gasteiger partial charge in [-0.05, 0) is 31.4 Å². The third-order valence-corrected chi connectivity index (χ3v) is 4.53. The number of nitrogens with one attached hydrogen (secondary N) is 1. The molecule has 1 spiro atoms. The zero-order valence-corrected chi connectivity index (χ0v) is 11.4. The van der Waals surface area contributed by atoms with Crippen molar-refractivity contribution < 1.29 is 4.39 Å². The van der Waals surface area contributed by atoms with Crippen LogP contribution in [-0.4, -0.2) is 29.0 Å². The minimum atomic E-state index is -0.741. The highest BCUT2D eigenvalue weighted by atomic mass is 35.5. The van der Waals surface area contributed by atoms with Crippen molar-refractivity contribution in [1.82, 2.24) is 4.90 Å². The lowest BCUT2D eigenvalue weighted by Crippen LogP contribution is -2.48. The lowest BCUT2D eigenvalue weighted by atomic mass is 9.96. The van der Waals surface area contributed by atoms with E-state index in [-0.39, 0.29) is 5.54 Å². The van der Waals surface area contributed by atoms with E-state index < -0.39 is 6.17 Å². The number of alkyl halides is 1. The van der Waals surface area contributed by atoms with Gasteiger partial charge < -0.3 is 10.6 Å².